The third-order valence-electron chi connectivity index (χ3n) is 3.75. The highest BCUT2D eigenvalue weighted by molar-refractivity contribution is 5.91. The number of rotatable bonds is 4. The molecule has 1 unspecified atom stereocenters. The van der Waals surface area contributed by atoms with Gasteiger partial charge in [-0.1, -0.05) is 0 Å². The number of nitrogens with one attached hydrogen (secondary N) is 1. The molecule has 1 saturated heterocycles. The Bertz CT molecular complexity index is 501. The first-order valence-electron chi connectivity index (χ1n) is 7.46. The normalized spacial score (nSPS) is 18.4. The average molecular weight is 290 g/mol. The second kappa shape index (κ2) is 7.15. The number of amides is 2. The van der Waals surface area contributed by atoms with Crippen LogP contribution in [0.2, 0.25) is 0 Å². The number of likely N-dealkylation sites (tertiary alicyclic amines) is 1. The van der Waals surface area contributed by atoms with Crippen LogP contribution in [0.4, 0.5) is 0 Å². The zero-order chi connectivity index (χ0) is 15.2. The van der Waals surface area contributed by atoms with E-state index in [0.717, 1.165) is 38.0 Å². The Kier molecular flexibility index (Phi) is 5.25. The standard InChI is InChI=1S/C15H22N4O2/c1-3-16-15(21)14-7-6-13(17-18-14)9-12-5-4-8-19(10-12)11(2)20/h6-7,12H,3-5,8-10H2,1-2H3,(H,16,21). The zero-order valence-corrected chi connectivity index (χ0v) is 12.6. The second-order valence-electron chi connectivity index (χ2n) is 5.45. The van der Waals surface area contributed by atoms with E-state index in [1.807, 2.05) is 17.9 Å². The predicted octanol–water partition coefficient (Wildman–Crippen LogP) is 1.03. The molecule has 1 aromatic rings. The number of piperidine rings is 1. The summed E-state index contributed by atoms with van der Waals surface area (Å²) in [6.45, 7) is 5.70. The van der Waals surface area contributed by atoms with Gasteiger partial charge in [0.15, 0.2) is 5.69 Å². The highest BCUT2D eigenvalue weighted by Gasteiger charge is 2.22. The lowest BCUT2D eigenvalue weighted by Gasteiger charge is -2.31. The molecule has 0 radical (unpaired) electrons. The van der Waals surface area contributed by atoms with Crippen LogP contribution < -0.4 is 5.32 Å². The number of nitrogens with zero attached hydrogens (tertiary/aromatic N) is 3. The minimum absolute atomic E-state index is 0.136. The molecule has 114 valence electrons. The monoisotopic (exact) mass is 290 g/mol. The van der Waals surface area contributed by atoms with Gasteiger partial charge in [0, 0.05) is 26.6 Å². The molecular weight excluding hydrogens is 268 g/mol. The summed E-state index contributed by atoms with van der Waals surface area (Å²) >= 11 is 0. The molecule has 1 aromatic heterocycles. The fourth-order valence-electron chi connectivity index (χ4n) is 2.65. The van der Waals surface area contributed by atoms with E-state index in [1.165, 1.54) is 0 Å². The van der Waals surface area contributed by atoms with E-state index in [1.54, 1.807) is 13.0 Å². The van der Waals surface area contributed by atoms with Gasteiger partial charge in [0.05, 0.1) is 5.69 Å². The third kappa shape index (κ3) is 4.24. The maximum Gasteiger partial charge on any atom is 0.271 e. The van der Waals surface area contributed by atoms with E-state index < -0.39 is 0 Å². The molecule has 1 N–H and O–H groups in total. The molecule has 1 atom stereocenters. The number of aromatic nitrogens is 2. The lowest BCUT2D eigenvalue weighted by Crippen LogP contribution is -2.39. The van der Waals surface area contributed by atoms with Crippen molar-refractivity contribution in [2.45, 2.75) is 33.1 Å². The van der Waals surface area contributed by atoms with E-state index >= 15 is 0 Å². The van der Waals surface area contributed by atoms with E-state index in [-0.39, 0.29) is 11.8 Å². The van der Waals surface area contributed by atoms with E-state index in [2.05, 4.69) is 15.5 Å². The molecule has 21 heavy (non-hydrogen) atoms. The second-order valence-corrected chi connectivity index (χ2v) is 5.45. The summed E-state index contributed by atoms with van der Waals surface area (Å²) < 4.78 is 0. The Morgan fingerprint density at radius 2 is 2.19 bits per heavy atom. The maximum absolute atomic E-state index is 11.6. The first-order chi connectivity index (χ1) is 10.1. The third-order valence-corrected chi connectivity index (χ3v) is 3.75. The Labute approximate surface area is 124 Å². The van der Waals surface area contributed by atoms with Gasteiger partial charge < -0.3 is 10.2 Å². The SMILES string of the molecule is CCNC(=O)c1ccc(CC2CCCN(C(C)=O)C2)nn1. The van der Waals surface area contributed by atoms with Gasteiger partial charge in [-0.15, -0.1) is 5.10 Å². The quantitative estimate of drug-likeness (QED) is 0.898. The Morgan fingerprint density at radius 3 is 2.81 bits per heavy atom. The summed E-state index contributed by atoms with van der Waals surface area (Å²) in [5, 5.41) is 10.8. The minimum Gasteiger partial charge on any atom is -0.351 e. The topological polar surface area (TPSA) is 75.2 Å². The lowest BCUT2D eigenvalue weighted by molar-refractivity contribution is -0.130. The van der Waals surface area contributed by atoms with E-state index in [0.29, 0.717) is 18.2 Å². The van der Waals surface area contributed by atoms with Crippen molar-refractivity contribution in [3.05, 3.63) is 23.5 Å². The molecule has 6 nitrogen and oxygen atoms in total. The molecule has 2 amide bonds. The molecule has 6 heteroatoms. The van der Waals surface area contributed by atoms with Crippen molar-refractivity contribution in [1.29, 1.82) is 0 Å². The van der Waals surface area contributed by atoms with Gasteiger partial charge in [0.1, 0.15) is 0 Å². The summed E-state index contributed by atoms with van der Waals surface area (Å²) in [5.74, 6) is 0.363. The summed E-state index contributed by atoms with van der Waals surface area (Å²) in [6, 6.07) is 3.56. The van der Waals surface area contributed by atoms with Crippen molar-refractivity contribution < 1.29 is 9.59 Å². The summed E-state index contributed by atoms with van der Waals surface area (Å²) in [5.41, 5.74) is 1.22. The molecule has 1 aliphatic rings. The maximum atomic E-state index is 11.6. The zero-order valence-electron chi connectivity index (χ0n) is 12.6. The largest absolute Gasteiger partial charge is 0.351 e. The highest BCUT2D eigenvalue weighted by atomic mass is 16.2. The van der Waals surface area contributed by atoms with Gasteiger partial charge in [-0.3, -0.25) is 9.59 Å². The van der Waals surface area contributed by atoms with Gasteiger partial charge in [0.25, 0.3) is 5.91 Å². The number of carbonyl (C=O) groups excluding carboxylic acids is 2. The van der Waals surface area contributed by atoms with E-state index in [4.69, 9.17) is 0 Å². The van der Waals surface area contributed by atoms with Crippen molar-refractivity contribution in [1.82, 2.24) is 20.4 Å². The van der Waals surface area contributed by atoms with Crippen LogP contribution in [0.1, 0.15) is 42.9 Å². The lowest BCUT2D eigenvalue weighted by atomic mass is 9.93. The van der Waals surface area contributed by atoms with Crippen LogP contribution in [-0.2, 0) is 11.2 Å². The van der Waals surface area contributed by atoms with Crippen LogP contribution in [0.3, 0.4) is 0 Å². The number of hydrogen-bond acceptors (Lipinski definition) is 4. The fourth-order valence-corrected chi connectivity index (χ4v) is 2.65. The Hall–Kier alpha value is -1.98. The fraction of sp³-hybridized carbons (Fsp3) is 0.600. The number of carbonyl (C=O) groups is 2. The molecule has 0 aromatic carbocycles. The van der Waals surface area contributed by atoms with Crippen molar-refractivity contribution in [3.8, 4) is 0 Å². The van der Waals surface area contributed by atoms with Crippen LogP contribution >= 0.6 is 0 Å². The molecule has 2 rings (SSSR count). The minimum atomic E-state index is -0.197. The Balaban J connectivity index is 1.94. The van der Waals surface area contributed by atoms with Crippen LogP contribution in [-0.4, -0.2) is 46.5 Å². The Morgan fingerprint density at radius 1 is 1.38 bits per heavy atom. The van der Waals surface area contributed by atoms with Crippen molar-refractivity contribution >= 4 is 11.8 Å². The molecule has 0 spiro atoms. The molecule has 2 heterocycles. The van der Waals surface area contributed by atoms with Crippen LogP contribution in [0.25, 0.3) is 0 Å². The first-order valence-corrected chi connectivity index (χ1v) is 7.46. The number of hydrogen-bond donors (Lipinski definition) is 1. The summed E-state index contributed by atoms with van der Waals surface area (Å²) in [7, 11) is 0. The van der Waals surface area contributed by atoms with Crippen molar-refractivity contribution in [2.75, 3.05) is 19.6 Å². The van der Waals surface area contributed by atoms with E-state index in [9.17, 15) is 9.59 Å². The van der Waals surface area contributed by atoms with Gasteiger partial charge in [-0.2, -0.15) is 5.10 Å². The molecule has 0 saturated carbocycles. The van der Waals surface area contributed by atoms with Crippen LogP contribution in [0.15, 0.2) is 12.1 Å². The first kappa shape index (κ1) is 15.4. The average Bonchev–Trinajstić information content (AvgIpc) is 2.48. The molecule has 0 bridgehead atoms. The summed E-state index contributed by atoms with van der Waals surface area (Å²) in [4.78, 5) is 24.9. The molecular formula is C15H22N4O2. The van der Waals surface area contributed by atoms with Gasteiger partial charge in [-0.25, -0.2) is 0 Å². The van der Waals surface area contributed by atoms with Gasteiger partial charge in [-0.05, 0) is 44.2 Å². The van der Waals surface area contributed by atoms with Crippen LogP contribution in [0.5, 0.6) is 0 Å². The van der Waals surface area contributed by atoms with Crippen LogP contribution in [0, 0.1) is 5.92 Å². The van der Waals surface area contributed by atoms with Gasteiger partial charge >= 0.3 is 0 Å². The van der Waals surface area contributed by atoms with Crippen molar-refractivity contribution in [2.24, 2.45) is 5.92 Å². The molecule has 0 aliphatic carbocycles. The van der Waals surface area contributed by atoms with Gasteiger partial charge in [0.2, 0.25) is 5.91 Å². The predicted molar refractivity (Wildman–Crippen MR) is 78.7 cm³/mol. The highest BCUT2D eigenvalue weighted by Crippen LogP contribution is 2.20. The molecule has 1 fully saturated rings. The smallest absolute Gasteiger partial charge is 0.271 e. The van der Waals surface area contributed by atoms with Crippen molar-refractivity contribution in [3.63, 3.8) is 0 Å². The summed E-state index contributed by atoms with van der Waals surface area (Å²) in [6.07, 6.45) is 2.94. The molecule has 1 aliphatic heterocycles.